The molecule has 0 heterocycles. The van der Waals surface area contributed by atoms with Gasteiger partial charge in [-0.2, -0.15) is 5.26 Å². The lowest BCUT2D eigenvalue weighted by molar-refractivity contribution is 0.276. The van der Waals surface area contributed by atoms with Gasteiger partial charge in [0.25, 0.3) is 0 Å². The van der Waals surface area contributed by atoms with E-state index in [2.05, 4.69) is 25.1 Å². The van der Waals surface area contributed by atoms with Crippen LogP contribution in [0.15, 0.2) is 12.2 Å². The lowest BCUT2D eigenvalue weighted by Gasteiger charge is -2.27. The second-order valence-electron chi connectivity index (χ2n) is 5.09. The molecule has 0 aromatic carbocycles. The van der Waals surface area contributed by atoms with Crippen LogP contribution in [0, 0.1) is 35.0 Å². The minimum Gasteiger partial charge on any atom is -0.198 e. The van der Waals surface area contributed by atoms with E-state index in [1.54, 1.807) is 0 Å². The van der Waals surface area contributed by atoms with Crippen LogP contribution in [0.5, 0.6) is 0 Å². The van der Waals surface area contributed by atoms with Crippen LogP contribution in [-0.4, -0.2) is 0 Å². The molecular formula is C14H21N. The average molecular weight is 203 g/mol. The maximum absolute atomic E-state index is 8.50. The van der Waals surface area contributed by atoms with Crippen LogP contribution in [0.3, 0.4) is 0 Å². The Morgan fingerprint density at radius 3 is 2.60 bits per heavy atom. The third-order valence-corrected chi connectivity index (χ3v) is 4.35. The number of nitrogens with zero attached hydrogens (tertiary/aromatic N) is 1. The zero-order valence-electron chi connectivity index (χ0n) is 9.65. The first-order valence-electron chi connectivity index (χ1n) is 6.42. The summed E-state index contributed by atoms with van der Waals surface area (Å²) in [5.74, 6) is 3.65. The van der Waals surface area contributed by atoms with Gasteiger partial charge in [-0.1, -0.05) is 31.9 Å². The highest BCUT2D eigenvalue weighted by Crippen LogP contribution is 2.51. The Labute approximate surface area is 93.2 Å². The number of unbranched alkanes of at least 4 members (excludes halogenated alkanes) is 2. The molecule has 15 heavy (non-hydrogen) atoms. The molecule has 2 aliphatic carbocycles. The number of fused-ring (bicyclic) bond motifs is 2. The molecule has 0 spiro atoms. The first kappa shape index (κ1) is 10.7. The van der Waals surface area contributed by atoms with Crippen LogP contribution in [0.25, 0.3) is 0 Å². The molecule has 0 aromatic rings. The number of hydrogen-bond acceptors (Lipinski definition) is 1. The Morgan fingerprint density at radius 1 is 1.20 bits per heavy atom. The second-order valence-corrected chi connectivity index (χ2v) is 5.09. The van der Waals surface area contributed by atoms with E-state index in [0.29, 0.717) is 0 Å². The molecule has 2 rings (SSSR count). The Bertz CT molecular complexity index is 274. The number of hydrogen-bond donors (Lipinski definition) is 0. The lowest BCUT2D eigenvalue weighted by Crippen LogP contribution is -2.18. The molecule has 4 atom stereocenters. The van der Waals surface area contributed by atoms with Crippen LogP contribution in [-0.2, 0) is 0 Å². The molecule has 4 unspecified atom stereocenters. The summed E-state index contributed by atoms with van der Waals surface area (Å²) in [5, 5.41) is 8.50. The molecule has 2 aliphatic rings. The fourth-order valence-electron chi connectivity index (χ4n) is 3.64. The van der Waals surface area contributed by atoms with Crippen LogP contribution in [0.4, 0.5) is 0 Å². The monoisotopic (exact) mass is 203 g/mol. The van der Waals surface area contributed by atoms with Crippen molar-refractivity contribution in [3.8, 4) is 6.07 Å². The summed E-state index contributed by atoms with van der Waals surface area (Å²) in [7, 11) is 0. The van der Waals surface area contributed by atoms with Gasteiger partial charge in [0.05, 0.1) is 6.07 Å². The molecule has 1 saturated carbocycles. The van der Waals surface area contributed by atoms with Crippen molar-refractivity contribution in [2.24, 2.45) is 23.7 Å². The summed E-state index contributed by atoms with van der Waals surface area (Å²) in [6.07, 6.45) is 12.1. The predicted octanol–water partition coefficient (Wildman–Crippen LogP) is 3.92. The zero-order chi connectivity index (χ0) is 10.7. The van der Waals surface area contributed by atoms with E-state index in [0.717, 1.165) is 36.5 Å². The van der Waals surface area contributed by atoms with Gasteiger partial charge in [-0.05, 0) is 42.9 Å². The van der Waals surface area contributed by atoms with Crippen molar-refractivity contribution in [3.63, 3.8) is 0 Å². The quantitative estimate of drug-likeness (QED) is 0.491. The molecule has 0 radical (unpaired) electrons. The first-order valence-corrected chi connectivity index (χ1v) is 6.42. The Morgan fingerprint density at radius 2 is 1.93 bits per heavy atom. The minimum atomic E-state index is 0.743. The topological polar surface area (TPSA) is 23.8 Å². The van der Waals surface area contributed by atoms with Gasteiger partial charge in [-0.15, -0.1) is 0 Å². The van der Waals surface area contributed by atoms with Gasteiger partial charge in [-0.25, -0.2) is 0 Å². The van der Waals surface area contributed by atoms with E-state index in [9.17, 15) is 0 Å². The summed E-state index contributed by atoms with van der Waals surface area (Å²) in [5.41, 5.74) is 0. The van der Waals surface area contributed by atoms with Crippen molar-refractivity contribution in [1.82, 2.24) is 0 Å². The first-order chi connectivity index (χ1) is 7.36. The van der Waals surface area contributed by atoms with Gasteiger partial charge >= 0.3 is 0 Å². The van der Waals surface area contributed by atoms with Gasteiger partial charge in [0.2, 0.25) is 0 Å². The molecule has 1 heteroatoms. The highest BCUT2D eigenvalue weighted by atomic mass is 14.5. The van der Waals surface area contributed by atoms with E-state index in [-0.39, 0.29) is 0 Å². The zero-order valence-corrected chi connectivity index (χ0v) is 9.65. The number of nitriles is 1. The van der Waals surface area contributed by atoms with E-state index in [4.69, 9.17) is 5.26 Å². The minimum absolute atomic E-state index is 0.743. The van der Waals surface area contributed by atoms with Crippen LogP contribution >= 0.6 is 0 Å². The molecular weight excluding hydrogens is 182 g/mol. The Hall–Kier alpha value is -0.770. The maximum Gasteiger partial charge on any atom is 0.0621 e. The fourth-order valence-corrected chi connectivity index (χ4v) is 3.64. The lowest BCUT2D eigenvalue weighted by atomic mass is 9.78. The number of allylic oxidation sites excluding steroid dienone is 2. The molecule has 1 fully saturated rings. The van der Waals surface area contributed by atoms with E-state index in [1.165, 1.54) is 25.7 Å². The number of rotatable bonds is 5. The van der Waals surface area contributed by atoms with E-state index >= 15 is 0 Å². The summed E-state index contributed by atoms with van der Waals surface area (Å²) in [6, 6.07) is 2.24. The maximum atomic E-state index is 8.50. The van der Waals surface area contributed by atoms with Crippen LogP contribution in [0.2, 0.25) is 0 Å². The second kappa shape index (κ2) is 4.84. The third-order valence-electron chi connectivity index (χ3n) is 4.35. The van der Waals surface area contributed by atoms with Crippen molar-refractivity contribution in [2.75, 3.05) is 0 Å². The molecule has 0 amide bonds. The standard InChI is InChI=1S/C14H21N/c1-2-13-11-7-8-12(10-11)14(13)6-4-3-5-9-15/h7-8,11-14H,2-6,10H2,1H3. The van der Waals surface area contributed by atoms with Crippen molar-refractivity contribution in [1.29, 1.82) is 5.26 Å². The normalized spacial score (nSPS) is 37.1. The summed E-state index contributed by atoms with van der Waals surface area (Å²) in [6.45, 7) is 2.33. The molecule has 0 N–H and O–H groups in total. The van der Waals surface area contributed by atoms with Crippen LogP contribution in [0.1, 0.15) is 45.4 Å². The van der Waals surface area contributed by atoms with E-state index in [1.807, 2.05) is 0 Å². The Kier molecular flexibility index (Phi) is 3.46. The van der Waals surface area contributed by atoms with Gasteiger partial charge < -0.3 is 0 Å². The summed E-state index contributed by atoms with van der Waals surface area (Å²) < 4.78 is 0. The third kappa shape index (κ3) is 2.09. The van der Waals surface area contributed by atoms with Crippen LogP contribution < -0.4 is 0 Å². The SMILES string of the molecule is CCC1C2C=CC(C2)C1CCCCC#N. The van der Waals surface area contributed by atoms with E-state index < -0.39 is 0 Å². The molecule has 0 saturated heterocycles. The van der Waals surface area contributed by atoms with Gasteiger partial charge in [0, 0.05) is 6.42 Å². The van der Waals surface area contributed by atoms with Crippen molar-refractivity contribution < 1.29 is 0 Å². The smallest absolute Gasteiger partial charge is 0.0621 e. The molecule has 0 aliphatic heterocycles. The van der Waals surface area contributed by atoms with Gasteiger partial charge in [0.1, 0.15) is 0 Å². The molecule has 0 aromatic heterocycles. The van der Waals surface area contributed by atoms with Crippen molar-refractivity contribution >= 4 is 0 Å². The van der Waals surface area contributed by atoms with Gasteiger partial charge in [-0.3, -0.25) is 0 Å². The molecule has 2 bridgehead atoms. The largest absolute Gasteiger partial charge is 0.198 e. The predicted molar refractivity (Wildman–Crippen MR) is 62.1 cm³/mol. The fraction of sp³-hybridized carbons (Fsp3) is 0.786. The highest BCUT2D eigenvalue weighted by molar-refractivity contribution is 5.13. The summed E-state index contributed by atoms with van der Waals surface area (Å²) >= 11 is 0. The molecule has 1 nitrogen and oxygen atoms in total. The average Bonchev–Trinajstić information content (AvgIpc) is 2.84. The molecule has 82 valence electrons. The van der Waals surface area contributed by atoms with Crippen molar-refractivity contribution in [2.45, 2.75) is 45.4 Å². The Balaban J connectivity index is 1.81. The van der Waals surface area contributed by atoms with Gasteiger partial charge in [0.15, 0.2) is 0 Å². The summed E-state index contributed by atoms with van der Waals surface area (Å²) in [4.78, 5) is 0. The highest BCUT2D eigenvalue weighted by Gasteiger charge is 2.42. The van der Waals surface area contributed by atoms with Crippen molar-refractivity contribution in [3.05, 3.63) is 12.2 Å².